The molecule has 1 amide bonds. The smallest absolute Gasteiger partial charge is 0.251 e. The van der Waals surface area contributed by atoms with Crippen LogP contribution in [0.1, 0.15) is 42.5 Å². The standard InChI is InChI=1S/C19H26N2O3/c1-23-18-12-15(6-7-17(18)24-16-4-2-3-5-16)19(22)21-13-14-8-10-20-11-9-14/h6-8,12,16,20H,2-5,9-11,13H2,1H3,(H,21,22). The van der Waals surface area contributed by atoms with Gasteiger partial charge >= 0.3 is 0 Å². The van der Waals surface area contributed by atoms with E-state index >= 15 is 0 Å². The predicted molar refractivity (Wildman–Crippen MR) is 93.8 cm³/mol. The first-order chi connectivity index (χ1) is 11.8. The van der Waals surface area contributed by atoms with Crippen molar-refractivity contribution < 1.29 is 14.3 Å². The summed E-state index contributed by atoms with van der Waals surface area (Å²) in [5.74, 6) is 1.26. The summed E-state index contributed by atoms with van der Waals surface area (Å²) in [6.07, 6.45) is 8.02. The summed E-state index contributed by atoms with van der Waals surface area (Å²) in [6, 6.07) is 5.41. The highest BCUT2D eigenvalue weighted by atomic mass is 16.5. The third-order valence-corrected chi connectivity index (χ3v) is 4.66. The van der Waals surface area contributed by atoms with Crippen LogP contribution >= 0.6 is 0 Å². The van der Waals surface area contributed by atoms with Crippen molar-refractivity contribution in [3.63, 3.8) is 0 Å². The molecule has 0 spiro atoms. The van der Waals surface area contributed by atoms with Crippen LogP contribution < -0.4 is 20.1 Å². The van der Waals surface area contributed by atoms with E-state index in [4.69, 9.17) is 9.47 Å². The van der Waals surface area contributed by atoms with Crippen molar-refractivity contribution >= 4 is 5.91 Å². The molecule has 2 N–H and O–H groups in total. The Morgan fingerprint density at radius 1 is 1.29 bits per heavy atom. The topological polar surface area (TPSA) is 59.6 Å². The highest BCUT2D eigenvalue weighted by Crippen LogP contribution is 2.32. The van der Waals surface area contributed by atoms with Gasteiger partial charge in [0.05, 0.1) is 13.2 Å². The lowest BCUT2D eigenvalue weighted by Crippen LogP contribution is -2.29. The number of methoxy groups -OCH3 is 1. The number of benzene rings is 1. The maximum absolute atomic E-state index is 12.4. The van der Waals surface area contributed by atoms with Gasteiger partial charge in [-0.05, 0) is 56.8 Å². The van der Waals surface area contributed by atoms with Crippen molar-refractivity contribution in [1.82, 2.24) is 10.6 Å². The normalized spacial score (nSPS) is 18.1. The van der Waals surface area contributed by atoms with Crippen molar-refractivity contribution in [2.45, 2.75) is 38.2 Å². The zero-order valence-corrected chi connectivity index (χ0v) is 14.3. The Morgan fingerprint density at radius 2 is 2.12 bits per heavy atom. The van der Waals surface area contributed by atoms with Crippen LogP contribution in [0.5, 0.6) is 11.5 Å². The highest BCUT2D eigenvalue weighted by Gasteiger charge is 2.19. The fourth-order valence-corrected chi connectivity index (χ4v) is 3.22. The fraction of sp³-hybridized carbons (Fsp3) is 0.526. The number of rotatable bonds is 6. The molecule has 1 heterocycles. The molecule has 0 bridgehead atoms. The largest absolute Gasteiger partial charge is 0.493 e. The average Bonchev–Trinajstić information content (AvgIpc) is 3.14. The molecule has 1 aliphatic heterocycles. The molecule has 3 rings (SSSR count). The highest BCUT2D eigenvalue weighted by molar-refractivity contribution is 5.95. The Balaban J connectivity index is 1.62. The van der Waals surface area contributed by atoms with E-state index in [0.29, 0.717) is 17.9 Å². The molecule has 0 saturated heterocycles. The van der Waals surface area contributed by atoms with Crippen LogP contribution in [0.2, 0.25) is 0 Å². The summed E-state index contributed by atoms with van der Waals surface area (Å²) < 4.78 is 11.4. The molecule has 0 atom stereocenters. The Hall–Kier alpha value is -2.01. The van der Waals surface area contributed by atoms with Gasteiger partial charge in [-0.15, -0.1) is 0 Å². The first kappa shape index (κ1) is 16.8. The second-order valence-corrected chi connectivity index (χ2v) is 6.39. The molecule has 0 radical (unpaired) electrons. The summed E-state index contributed by atoms with van der Waals surface area (Å²) in [5, 5.41) is 6.25. The molecule has 2 aliphatic rings. The molecule has 0 unspecified atom stereocenters. The van der Waals surface area contributed by atoms with E-state index in [1.807, 2.05) is 6.07 Å². The lowest BCUT2D eigenvalue weighted by atomic mass is 10.1. The predicted octanol–water partition coefficient (Wildman–Crippen LogP) is 2.67. The minimum Gasteiger partial charge on any atom is -0.493 e. The van der Waals surface area contributed by atoms with E-state index in [9.17, 15) is 4.79 Å². The van der Waals surface area contributed by atoms with Crippen LogP contribution in [0.15, 0.2) is 29.8 Å². The van der Waals surface area contributed by atoms with E-state index < -0.39 is 0 Å². The quantitative estimate of drug-likeness (QED) is 0.787. The van der Waals surface area contributed by atoms with E-state index in [2.05, 4.69) is 16.7 Å². The summed E-state index contributed by atoms with van der Waals surface area (Å²) in [6.45, 7) is 2.46. The van der Waals surface area contributed by atoms with Crippen molar-refractivity contribution in [1.29, 1.82) is 0 Å². The lowest BCUT2D eigenvalue weighted by molar-refractivity contribution is 0.0956. The van der Waals surface area contributed by atoms with Gasteiger partial charge in [-0.3, -0.25) is 4.79 Å². The van der Waals surface area contributed by atoms with Crippen LogP contribution in [0.3, 0.4) is 0 Å². The van der Waals surface area contributed by atoms with Gasteiger partial charge in [0.15, 0.2) is 11.5 Å². The molecular formula is C19H26N2O3. The molecule has 1 aliphatic carbocycles. The zero-order chi connectivity index (χ0) is 16.8. The lowest BCUT2D eigenvalue weighted by Gasteiger charge is -2.17. The SMILES string of the molecule is COc1cc(C(=O)NCC2=CCNCC2)ccc1OC1CCCC1. The zero-order valence-electron chi connectivity index (χ0n) is 14.3. The van der Waals surface area contributed by atoms with E-state index in [-0.39, 0.29) is 12.0 Å². The molecule has 1 saturated carbocycles. The van der Waals surface area contributed by atoms with Gasteiger partial charge in [0.2, 0.25) is 0 Å². The average molecular weight is 330 g/mol. The number of amides is 1. The van der Waals surface area contributed by atoms with Gasteiger partial charge in [-0.1, -0.05) is 11.6 Å². The maximum Gasteiger partial charge on any atom is 0.251 e. The summed E-state index contributed by atoms with van der Waals surface area (Å²) in [4.78, 5) is 12.4. The Morgan fingerprint density at radius 3 is 2.83 bits per heavy atom. The van der Waals surface area contributed by atoms with Crippen LogP contribution in [0.25, 0.3) is 0 Å². The van der Waals surface area contributed by atoms with Gasteiger partial charge in [-0.25, -0.2) is 0 Å². The molecule has 0 aromatic heterocycles. The van der Waals surface area contributed by atoms with E-state index in [1.165, 1.54) is 18.4 Å². The summed E-state index contributed by atoms with van der Waals surface area (Å²) in [5.41, 5.74) is 1.87. The van der Waals surface area contributed by atoms with Gasteiger partial charge in [0.1, 0.15) is 0 Å². The minimum absolute atomic E-state index is 0.0832. The van der Waals surface area contributed by atoms with Crippen LogP contribution in [-0.2, 0) is 0 Å². The molecule has 5 heteroatoms. The molecule has 24 heavy (non-hydrogen) atoms. The number of ether oxygens (including phenoxy) is 2. The Labute approximate surface area is 143 Å². The molecule has 5 nitrogen and oxygen atoms in total. The number of nitrogens with one attached hydrogen (secondary N) is 2. The number of hydrogen-bond acceptors (Lipinski definition) is 4. The molecule has 1 fully saturated rings. The fourth-order valence-electron chi connectivity index (χ4n) is 3.22. The van der Waals surface area contributed by atoms with E-state index in [1.54, 1.807) is 19.2 Å². The van der Waals surface area contributed by atoms with Gasteiger partial charge in [0, 0.05) is 18.7 Å². The summed E-state index contributed by atoms with van der Waals surface area (Å²) in [7, 11) is 1.61. The van der Waals surface area contributed by atoms with Gasteiger partial charge < -0.3 is 20.1 Å². The van der Waals surface area contributed by atoms with Gasteiger partial charge in [0.25, 0.3) is 5.91 Å². The first-order valence-corrected chi connectivity index (χ1v) is 8.78. The number of hydrogen-bond donors (Lipinski definition) is 2. The number of carbonyl (C=O) groups excluding carboxylic acids is 1. The van der Waals surface area contributed by atoms with Crippen LogP contribution in [-0.4, -0.2) is 38.8 Å². The van der Waals surface area contributed by atoms with Crippen LogP contribution in [0.4, 0.5) is 0 Å². The first-order valence-electron chi connectivity index (χ1n) is 8.78. The second kappa shape index (κ2) is 8.20. The summed E-state index contributed by atoms with van der Waals surface area (Å²) >= 11 is 0. The molecular weight excluding hydrogens is 304 g/mol. The van der Waals surface area contributed by atoms with Crippen molar-refractivity contribution in [2.75, 3.05) is 26.7 Å². The molecule has 1 aromatic rings. The minimum atomic E-state index is -0.0832. The van der Waals surface area contributed by atoms with Crippen LogP contribution in [0, 0.1) is 0 Å². The monoisotopic (exact) mass is 330 g/mol. The Bertz CT molecular complexity index is 607. The molecule has 130 valence electrons. The number of carbonyl (C=O) groups is 1. The van der Waals surface area contributed by atoms with E-state index in [0.717, 1.165) is 38.1 Å². The maximum atomic E-state index is 12.4. The third-order valence-electron chi connectivity index (χ3n) is 4.66. The second-order valence-electron chi connectivity index (χ2n) is 6.39. The third kappa shape index (κ3) is 4.29. The van der Waals surface area contributed by atoms with Gasteiger partial charge in [-0.2, -0.15) is 0 Å². The van der Waals surface area contributed by atoms with Crippen molar-refractivity contribution in [2.24, 2.45) is 0 Å². The molecule has 1 aromatic carbocycles. The Kier molecular flexibility index (Phi) is 5.75. The van der Waals surface area contributed by atoms with Crippen molar-refractivity contribution in [3.8, 4) is 11.5 Å². The van der Waals surface area contributed by atoms with Crippen molar-refractivity contribution in [3.05, 3.63) is 35.4 Å².